The van der Waals surface area contributed by atoms with Crippen LogP contribution in [-0.2, 0) is 14.9 Å². The molecule has 0 amide bonds. The van der Waals surface area contributed by atoms with E-state index in [0.29, 0.717) is 16.1 Å². The largest absolute Gasteiger partial charge is 0.466 e. The number of hydrogen-bond donors (Lipinski definition) is 1. The number of nitriles is 1. The standard InChI is InChI=1S/C18H12ClFN2O2/c1-24-17(23)15-16(22)14-12(3-2-4-13(14)20)18(15,9-21)10-5-7-11(19)8-6-10/h2-8H,22H2,1H3/t18-/m0/s1. The van der Waals surface area contributed by atoms with E-state index >= 15 is 0 Å². The van der Waals surface area contributed by atoms with Gasteiger partial charge in [-0.2, -0.15) is 5.26 Å². The van der Waals surface area contributed by atoms with Gasteiger partial charge in [0.05, 0.1) is 24.4 Å². The molecule has 0 unspecified atom stereocenters. The van der Waals surface area contributed by atoms with Crippen molar-refractivity contribution in [2.75, 3.05) is 7.11 Å². The number of esters is 1. The van der Waals surface area contributed by atoms with Crippen LogP contribution in [0.4, 0.5) is 4.39 Å². The fourth-order valence-corrected chi connectivity index (χ4v) is 3.24. The Kier molecular flexibility index (Phi) is 3.78. The molecule has 1 aliphatic rings. The van der Waals surface area contributed by atoms with Crippen LogP contribution in [0.5, 0.6) is 0 Å². The summed E-state index contributed by atoms with van der Waals surface area (Å²) in [5.74, 6) is -1.38. The van der Waals surface area contributed by atoms with Crippen LogP contribution in [0.3, 0.4) is 0 Å². The zero-order valence-electron chi connectivity index (χ0n) is 12.6. The first-order chi connectivity index (χ1) is 11.5. The Morgan fingerprint density at radius 2 is 1.96 bits per heavy atom. The molecule has 24 heavy (non-hydrogen) atoms. The fourth-order valence-electron chi connectivity index (χ4n) is 3.12. The molecule has 0 radical (unpaired) electrons. The van der Waals surface area contributed by atoms with E-state index < -0.39 is 17.2 Å². The lowest BCUT2D eigenvalue weighted by atomic mass is 9.73. The van der Waals surface area contributed by atoms with E-state index in [1.54, 1.807) is 30.3 Å². The van der Waals surface area contributed by atoms with E-state index in [1.807, 2.05) is 0 Å². The summed E-state index contributed by atoms with van der Waals surface area (Å²) >= 11 is 5.92. The summed E-state index contributed by atoms with van der Waals surface area (Å²) in [6.45, 7) is 0. The Bertz CT molecular complexity index is 916. The third-order valence-corrected chi connectivity index (χ3v) is 4.42. The predicted octanol–water partition coefficient (Wildman–Crippen LogP) is 3.15. The lowest BCUT2D eigenvalue weighted by Crippen LogP contribution is -2.31. The second kappa shape index (κ2) is 5.66. The molecule has 2 N–H and O–H groups in total. The highest BCUT2D eigenvalue weighted by atomic mass is 35.5. The van der Waals surface area contributed by atoms with Crippen molar-refractivity contribution in [2.24, 2.45) is 5.73 Å². The zero-order valence-corrected chi connectivity index (χ0v) is 13.4. The van der Waals surface area contributed by atoms with Crippen molar-refractivity contribution in [3.8, 4) is 6.07 Å². The molecule has 0 fully saturated rings. The number of methoxy groups -OCH3 is 1. The molecule has 0 spiro atoms. The van der Waals surface area contributed by atoms with Gasteiger partial charge in [-0.15, -0.1) is 0 Å². The Hall–Kier alpha value is -2.84. The zero-order chi connectivity index (χ0) is 17.5. The first kappa shape index (κ1) is 16.0. The maximum Gasteiger partial charge on any atom is 0.338 e. The third kappa shape index (κ3) is 2.00. The first-order valence-corrected chi connectivity index (χ1v) is 7.40. The van der Waals surface area contributed by atoms with Crippen LogP contribution >= 0.6 is 11.6 Å². The van der Waals surface area contributed by atoms with E-state index in [-0.39, 0.29) is 16.8 Å². The molecule has 120 valence electrons. The van der Waals surface area contributed by atoms with Crippen molar-refractivity contribution in [3.05, 3.63) is 75.6 Å². The Morgan fingerprint density at radius 1 is 1.29 bits per heavy atom. The fraction of sp³-hybridized carbons (Fsp3) is 0.111. The van der Waals surface area contributed by atoms with Crippen LogP contribution in [0.2, 0.25) is 5.02 Å². The summed E-state index contributed by atoms with van der Waals surface area (Å²) in [5, 5.41) is 10.5. The van der Waals surface area contributed by atoms with Crippen LogP contribution in [-0.4, -0.2) is 13.1 Å². The lowest BCUT2D eigenvalue weighted by molar-refractivity contribution is -0.136. The number of ether oxygens (including phenoxy) is 1. The van der Waals surface area contributed by atoms with Crippen LogP contribution in [0.15, 0.2) is 48.0 Å². The van der Waals surface area contributed by atoms with Crippen LogP contribution in [0, 0.1) is 17.1 Å². The number of halogens is 2. The van der Waals surface area contributed by atoms with E-state index in [1.165, 1.54) is 19.2 Å². The van der Waals surface area contributed by atoms with Crippen molar-refractivity contribution in [2.45, 2.75) is 5.41 Å². The molecule has 0 heterocycles. The average Bonchev–Trinajstić information content (AvgIpc) is 2.85. The molecular weight excluding hydrogens is 331 g/mol. The van der Waals surface area contributed by atoms with Crippen LogP contribution < -0.4 is 5.73 Å². The van der Waals surface area contributed by atoms with Crippen molar-refractivity contribution >= 4 is 23.3 Å². The van der Waals surface area contributed by atoms with Gasteiger partial charge < -0.3 is 10.5 Å². The van der Waals surface area contributed by atoms with Crippen molar-refractivity contribution < 1.29 is 13.9 Å². The smallest absolute Gasteiger partial charge is 0.338 e. The highest BCUT2D eigenvalue weighted by Gasteiger charge is 2.51. The maximum atomic E-state index is 14.3. The highest BCUT2D eigenvalue weighted by Crippen LogP contribution is 2.49. The predicted molar refractivity (Wildman–Crippen MR) is 87.4 cm³/mol. The molecule has 0 saturated carbocycles. The van der Waals surface area contributed by atoms with Gasteiger partial charge >= 0.3 is 5.97 Å². The summed E-state index contributed by atoms with van der Waals surface area (Å²) in [5.41, 5.74) is 5.13. The summed E-state index contributed by atoms with van der Waals surface area (Å²) in [4.78, 5) is 12.4. The molecular formula is C18H12ClFN2O2. The molecule has 1 atom stereocenters. The van der Waals surface area contributed by atoms with E-state index in [0.717, 1.165) is 0 Å². The van der Waals surface area contributed by atoms with Crippen LogP contribution in [0.1, 0.15) is 16.7 Å². The molecule has 0 aliphatic heterocycles. The third-order valence-electron chi connectivity index (χ3n) is 4.17. The van der Waals surface area contributed by atoms with Gasteiger partial charge in [0, 0.05) is 10.6 Å². The van der Waals surface area contributed by atoms with Gasteiger partial charge in [-0.1, -0.05) is 35.9 Å². The summed E-state index contributed by atoms with van der Waals surface area (Å²) in [7, 11) is 1.19. The highest BCUT2D eigenvalue weighted by molar-refractivity contribution is 6.30. The number of carbonyl (C=O) groups is 1. The van der Waals surface area contributed by atoms with Gasteiger partial charge in [0.2, 0.25) is 0 Å². The van der Waals surface area contributed by atoms with E-state index in [2.05, 4.69) is 6.07 Å². The molecule has 6 heteroatoms. The minimum absolute atomic E-state index is 0.0504. The minimum Gasteiger partial charge on any atom is -0.466 e. The van der Waals surface area contributed by atoms with Crippen LogP contribution in [0.25, 0.3) is 5.70 Å². The van der Waals surface area contributed by atoms with Crippen molar-refractivity contribution in [1.29, 1.82) is 5.26 Å². The first-order valence-electron chi connectivity index (χ1n) is 7.02. The summed E-state index contributed by atoms with van der Waals surface area (Å²) in [6, 6.07) is 12.9. The normalized spacial score (nSPS) is 18.9. The van der Waals surface area contributed by atoms with Gasteiger partial charge in [-0.3, -0.25) is 0 Å². The molecule has 1 aliphatic carbocycles. The minimum atomic E-state index is -1.56. The van der Waals surface area contributed by atoms with Gasteiger partial charge in [0.25, 0.3) is 0 Å². The quantitative estimate of drug-likeness (QED) is 0.851. The van der Waals surface area contributed by atoms with Crippen molar-refractivity contribution in [3.63, 3.8) is 0 Å². The van der Waals surface area contributed by atoms with E-state index in [4.69, 9.17) is 22.1 Å². The number of fused-ring (bicyclic) bond motifs is 1. The van der Waals surface area contributed by atoms with Gasteiger partial charge in [0.1, 0.15) is 11.2 Å². The number of rotatable bonds is 2. The second-order valence-corrected chi connectivity index (χ2v) is 5.75. The molecule has 0 bridgehead atoms. The molecule has 4 nitrogen and oxygen atoms in total. The van der Waals surface area contributed by atoms with Crippen molar-refractivity contribution in [1.82, 2.24) is 0 Å². The number of nitrogens with two attached hydrogens (primary N) is 1. The molecule has 2 aromatic rings. The lowest BCUT2D eigenvalue weighted by Gasteiger charge is -2.25. The Balaban J connectivity index is 2.43. The topological polar surface area (TPSA) is 76.1 Å². The summed E-state index contributed by atoms with van der Waals surface area (Å²) < 4.78 is 19.1. The number of nitrogens with zero attached hydrogens (tertiary/aromatic N) is 1. The number of carbonyl (C=O) groups excluding carboxylic acids is 1. The molecule has 2 aromatic carbocycles. The Labute approximate surface area is 142 Å². The summed E-state index contributed by atoms with van der Waals surface area (Å²) in [6.07, 6.45) is 0. The maximum absolute atomic E-state index is 14.3. The van der Waals surface area contributed by atoms with E-state index in [9.17, 15) is 14.4 Å². The Morgan fingerprint density at radius 3 is 2.54 bits per heavy atom. The molecule has 0 saturated heterocycles. The molecule has 3 rings (SSSR count). The number of benzene rings is 2. The molecule has 0 aromatic heterocycles. The number of hydrogen-bond acceptors (Lipinski definition) is 4. The average molecular weight is 343 g/mol. The van der Waals surface area contributed by atoms with Gasteiger partial charge in [-0.25, -0.2) is 9.18 Å². The van der Waals surface area contributed by atoms with Gasteiger partial charge in [0.15, 0.2) is 0 Å². The second-order valence-electron chi connectivity index (χ2n) is 5.31. The monoisotopic (exact) mass is 342 g/mol. The SMILES string of the molecule is COC(=O)C1=C(N)c2c(F)cccc2[C@]1(C#N)c1ccc(Cl)cc1. The van der Waals surface area contributed by atoms with Gasteiger partial charge in [-0.05, 0) is 29.3 Å².